The number of aliphatic imine (C=N–C) groups is 1. The van der Waals surface area contributed by atoms with Crippen LogP contribution in [0.4, 0.5) is 0 Å². The standard InChI is InChI=1S/C11H13NO2S/c1-8-4-10(13-2)9(6-12-7-15)11(5-8)14-3/h4-5H,6H2,1-3H3. The Labute approximate surface area is 94.7 Å². The molecule has 0 amide bonds. The van der Waals surface area contributed by atoms with Crippen LogP contribution in [-0.2, 0) is 6.54 Å². The Morgan fingerprint density at radius 3 is 2.20 bits per heavy atom. The molecule has 0 atom stereocenters. The van der Waals surface area contributed by atoms with Gasteiger partial charge < -0.3 is 9.47 Å². The maximum Gasteiger partial charge on any atom is 0.127 e. The molecule has 0 aliphatic carbocycles. The van der Waals surface area contributed by atoms with Crippen LogP contribution in [0, 0.1) is 6.92 Å². The van der Waals surface area contributed by atoms with Gasteiger partial charge in [-0.15, -0.1) is 0 Å². The van der Waals surface area contributed by atoms with Crippen LogP contribution in [0.15, 0.2) is 17.1 Å². The normalized spacial score (nSPS) is 9.27. The van der Waals surface area contributed by atoms with Gasteiger partial charge in [0.15, 0.2) is 0 Å². The first-order chi connectivity index (χ1) is 7.22. The Hall–Kier alpha value is -1.38. The van der Waals surface area contributed by atoms with Crippen LogP contribution in [0.2, 0.25) is 0 Å². The Morgan fingerprint density at radius 1 is 1.27 bits per heavy atom. The fourth-order valence-corrected chi connectivity index (χ4v) is 1.45. The highest BCUT2D eigenvalue weighted by Crippen LogP contribution is 2.30. The molecule has 0 heterocycles. The maximum absolute atomic E-state index is 5.26. The number of methoxy groups -OCH3 is 2. The fraction of sp³-hybridized carbons (Fsp3) is 0.364. The molecule has 0 aromatic heterocycles. The predicted molar refractivity (Wildman–Crippen MR) is 63.0 cm³/mol. The summed E-state index contributed by atoms with van der Waals surface area (Å²) in [6.45, 7) is 2.41. The van der Waals surface area contributed by atoms with E-state index in [1.54, 1.807) is 14.2 Å². The number of hydrogen-bond donors (Lipinski definition) is 0. The molecular weight excluding hydrogens is 210 g/mol. The summed E-state index contributed by atoms with van der Waals surface area (Å²) in [5.41, 5.74) is 1.97. The van der Waals surface area contributed by atoms with Crippen molar-refractivity contribution in [2.45, 2.75) is 13.5 Å². The quantitative estimate of drug-likeness (QED) is 0.580. The summed E-state index contributed by atoms with van der Waals surface area (Å²) in [5, 5.41) is 2.33. The number of hydrogen-bond acceptors (Lipinski definition) is 4. The van der Waals surface area contributed by atoms with Gasteiger partial charge in [-0.05, 0) is 36.8 Å². The zero-order chi connectivity index (χ0) is 11.3. The summed E-state index contributed by atoms with van der Waals surface area (Å²) < 4.78 is 10.5. The van der Waals surface area contributed by atoms with Gasteiger partial charge in [-0.2, -0.15) is 0 Å². The van der Waals surface area contributed by atoms with Crippen molar-refractivity contribution in [2.24, 2.45) is 4.99 Å². The van der Waals surface area contributed by atoms with Crippen molar-refractivity contribution in [1.29, 1.82) is 0 Å². The largest absolute Gasteiger partial charge is 0.496 e. The van der Waals surface area contributed by atoms with E-state index in [4.69, 9.17) is 9.47 Å². The van der Waals surface area contributed by atoms with Gasteiger partial charge in [-0.1, -0.05) is 0 Å². The lowest BCUT2D eigenvalue weighted by molar-refractivity contribution is 0.385. The zero-order valence-corrected chi connectivity index (χ0v) is 9.85. The second-order valence-corrected chi connectivity index (χ2v) is 3.24. The van der Waals surface area contributed by atoms with Gasteiger partial charge in [0.25, 0.3) is 0 Å². The van der Waals surface area contributed by atoms with E-state index in [0.29, 0.717) is 6.54 Å². The van der Waals surface area contributed by atoms with Gasteiger partial charge in [-0.25, -0.2) is 4.99 Å². The molecule has 0 saturated heterocycles. The number of aryl methyl sites for hydroxylation is 1. The third-order valence-corrected chi connectivity index (χ3v) is 2.18. The van der Waals surface area contributed by atoms with Gasteiger partial charge >= 0.3 is 0 Å². The van der Waals surface area contributed by atoms with Gasteiger partial charge in [-0.3, -0.25) is 0 Å². The molecule has 0 unspecified atom stereocenters. The number of thiocarbonyl (C=S) groups is 1. The van der Waals surface area contributed by atoms with Crippen LogP contribution in [0.25, 0.3) is 0 Å². The molecule has 0 aliphatic rings. The Balaban J connectivity index is 3.23. The molecule has 0 aliphatic heterocycles. The number of isothiocyanates is 1. The van der Waals surface area contributed by atoms with E-state index in [0.717, 1.165) is 22.6 Å². The minimum Gasteiger partial charge on any atom is -0.496 e. The topological polar surface area (TPSA) is 30.8 Å². The van der Waals surface area contributed by atoms with Crippen LogP contribution < -0.4 is 9.47 Å². The van der Waals surface area contributed by atoms with Crippen molar-refractivity contribution in [1.82, 2.24) is 0 Å². The SMILES string of the molecule is COc1cc(C)cc(OC)c1CN=C=S. The highest BCUT2D eigenvalue weighted by Gasteiger charge is 2.10. The highest BCUT2D eigenvalue weighted by molar-refractivity contribution is 7.78. The molecule has 0 spiro atoms. The van der Waals surface area contributed by atoms with Crippen molar-refractivity contribution in [3.63, 3.8) is 0 Å². The summed E-state index contributed by atoms with van der Waals surface area (Å²) in [4.78, 5) is 3.89. The van der Waals surface area contributed by atoms with E-state index in [-0.39, 0.29) is 0 Å². The van der Waals surface area contributed by atoms with E-state index in [1.165, 1.54) is 0 Å². The number of rotatable bonds is 4. The maximum atomic E-state index is 5.26. The molecule has 0 N–H and O–H groups in total. The lowest BCUT2D eigenvalue weighted by Crippen LogP contribution is -1.96. The van der Waals surface area contributed by atoms with Gasteiger partial charge in [0.1, 0.15) is 11.5 Å². The molecule has 1 aromatic rings. The first-order valence-electron chi connectivity index (χ1n) is 4.48. The molecule has 0 radical (unpaired) electrons. The van der Waals surface area contributed by atoms with Crippen LogP contribution in [-0.4, -0.2) is 19.4 Å². The molecule has 0 bridgehead atoms. The average Bonchev–Trinajstić information content (AvgIpc) is 2.26. The summed E-state index contributed by atoms with van der Waals surface area (Å²) in [5.74, 6) is 1.53. The van der Waals surface area contributed by atoms with E-state index in [1.807, 2.05) is 19.1 Å². The van der Waals surface area contributed by atoms with Gasteiger partial charge in [0.05, 0.1) is 31.5 Å². The van der Waals surface area contributed by atoms with E-state index in [9.17, 15) is 0 Å². The Kier molecular flexibility index (Phi) is 4.28. The molecule has 1 rings (SSSR count). The number of benzene rings is 1. The second kappa shape index (κ2) is 5.49. The summed E-state index contributed by atoms with van der Waals surface area (Å²) in [6.07, 6.45) is 0. The van der Waals surface area contributed by atoms with Crippen molar-refractivity contribution >= 4 is 17.4 Å². The minimum absolute atomic E-state index is 0.427. The molecular formula is C11H13NO2S. The van der Waals surface area contributed by atoms with Crippen LogP contribution >= 0.6 is 12.2 Å². The van der Waals surface area contributed by atoms with Crippen molar-refractivity contribution in [3.05, 3.63) is 23.3 Å². The smallest absolute Gasteiger partial charge is 0.127 e. The predicted octanol–water partition coefficient (Wildman–Crippen LogP) is 2.62. The fourth-order valence-electron chi connectivity index (χ4n) is 1.38. The second-order valence-electron chi connectivity index (χ2n) is 3.06. The van der Waals surface area contributed by atoms with E-state index >= 15 is 0 Å². The van der Waals surface area contributed by atoms with E-state index in [2.05, 4.69) is 22.4 Å². The highest BCUT2D eigenvalue weighted by atomic mass is 32.1. The minimum atomic E-state index is 0.427. The summed E-state index contributed by atoms with van der Waals surface area (Å²) in [6, 6.07) is 3.88. The van der Waals surface area contributed by atoms with Gasteiger partial charge in [0.2, 0.25) is 0 Å². The van der Waals surface area contributed by atoms with Crippen molar-refractivity contribution in [3.8, 4) is 11.5 Å². The first-order valence-corrected chi connectivity index (χ1v) is 4.89. The molecule has 0 fully saturated rings. The number of nitrogens with zero attached hydrogens (tertiary/aromatic N) is 1. The molecule has 1 aromatic carbocycles. The Bertz CT molecular complexity index is 373. The number of ether oxygens (including phenoxy) is 2. The third-order valence-electron chi connectivity index (χ3n) is 2.05. The molecule has 0 saturated carbocycles. The molecule has 80 valence electrons. The first kappa shape index (κ1) is 11.7. The average molecular weight is 223 g/mol. The Morgan fingerprint density at radius 2 is 1.80 bits per heavy atom. The monoisotopic (exact) mass is 223 g/mol. The van der Waals surface area contributed by atoms with Crippen molar-refractivity contribution in [2.75, 3.05) is 14.2 Å². The van der Waals surface area contributed by atoms with E-state index < -0.39 is 0 Å². The van der Waals surface area contributed by atoms with Crippen molar-refractivity contribution < 1.29 is 9.47 Å². The molecule has 3 nitrogen and oxygen atoms in total. The molecule has 4 heteroatoms. The summed E-state index contributed by atoms with van der Waals surface area (Å²) in [7, 11) is 3.25. The van der Waals surface area contributed by atoms with Gasteiger partial charge in [0, 0.05) is 0 Å². The van der Waals surface area contributed by atoms with Crippen LogP contribution in [0.5, 0.6) is 11.5 Å². The van der Waals surface area contributed by atoms with Crippen LogP contribution in [0.1, 0.15) is 11.1 Å². The molecule has 15 heavy (non-hydrogen) atoms. The summed E-state index contributed by atoms with van der Waals surface area (Å²) >= 11 is 4.54. The van der Waals surface area contributed by atoms with Crippen LogP contribution in [0.3, 0.4) is 0 Å². The lowest BCUT2D eigenvalue weighted by Gasteiger charge is -2.12. The third kappa shape index (κ3) is 2.78. The lowest BCUT2D eigenvalue weighted by atomic mass is 10.1. The zero-order valence-electron chi connectivity index (χ0n) is 9.03.